The van der Waals surface area contributed by atoms with E-state index in [1.165, 1.54) is 12.8 Å². The Morgan fingerprint density at radius 2 is 1.93 bits per heavy atom. The minimum Gasteiger partial charge on any atom is -0.339 e. The molecular formula is C21H26N6O2. The van der Waals surface area contributed by atoms with E-state index in [2.05, 4.69) is 27.1 Å². The molecule has 1 aliphatic rings. The van der Waals surface area contributed by atoms with Crippen molar-refractivity contribution >= 4 is 5.91 Å². The summed E-state index contributed by atoms with van der Waals surface area (Å²) >= 11 is 0. The Kier molecular flexibility index (Phi) is 5.69. The second-order valence-electron chi connectivity index (χ2n) is 7.43. The second kappa shape index (κ2) is 8.55. The highest BCUT2D eigenvalue weighted by Gasteiger charge is 2.22. The Morgan fingerprint density at radius 1 is 1.14 bits per heavy atom. The standard InChI is InChI=1S/C21H26N6O2/c1-3-8-18-24-20(29-25-18)16-9-10-19(22-13-16)27-15(2)17(14-23-27)21(28)26-11-6-4-5-7-12-26/h9-10,13-14H,3-8,11-12H2,1-2H3. The van der Waals surface area contributed by atoms with Crippen LogP contribution in [0.5, 0.6) is 0 Å². The van der Waals surface area contributed by atoms with Crippen LogP contribution in [-0.4, -0.2) is 48.8 Å². The molecule has 1 saturated heterocycles. The molecule has 0 spiro atoms. The molecule has 3 aromatic rings. The molecular weight excluding hydrogens is 368 g/mol. The predicted molar refractivity (Wildman–Crippen MR) is 108 cm³/mol. The van der Waals surface area contributed by atoms with Gasteiger partial charge in [0.1, 0.15) is 0 Å². The van der Waals surface area contributed by atoms with Crippen LogP contribution < -0.4 is 0 Å². The first-order valence-corrected chi connectivity index (χ1v) is 10.3. The van der Waals surface area contributed by atoms with Crippen molar-refractivity contribution in [3.8, 4) is 17.3 Å². The van der Waals surface area contributed by atoms with Crippen LogP contribution in [0.2, 0.25) is 0 Å². The second-order valence-corrected chi connectivity index (χ2v) is 7.43. The molecule has 0 unspecified atom stereocenters. The summed E-state index contributed by atoms with van der Waals surface area (Å²) in [6.45, 7) is 5.62. The monoisotopic (exact) mass is 394 g/mol. The summed E-state index contributed by atoms with van der Waals surface area (Å²) in [5.41, 5.74) is 2.19. The fraction of sp³-hybridized carbons (Fsp3) is 0.476. The fourth-order valence-corrected chi connectivity index (χ4v) is 3.63. The zero-order valence-electron chi connectivity index (χ0n) is 17.0. The Bertz CT molecular complexity index is 967. The number of aryl methyl sites for hydroxylation is 1. The lowest BCUT2D eigenvalue weighted by Gasteiger charge is -2.19. The Morgan fingerprint density at radius 3 is 2.62 bits per heavy atom. The van der Waals surface area contributed by atoms with E-state index in [1.807, 2.05) is 24.0 Å². The summed E-state index contributed by atoms with van der Waals surface area (Å²) in [6.07, 6.45) is 9.61. The summed E-state index contributed by atoms with van der Waals surface area (Å²) in [5.74, 6) is 1.86. The quantitative estimate of drug-likeness (QED) is 0.657. The van der Waals surface area contributed by atoms with E-state index in [-0.39, 0.29) is 5.91 Å². The fourth-order valence-electron chi connectivity index (χ4n) is 3.63. The van der Waals surface area contributed by atoms with E-state index in [0.29, 0.717) is 23.1 Å². The van der Waals surface area contributed by atoms with Crippen LogP contribution in [0.25, 0.3) is 17.3 Å². The van der Waals surface area contributed by atoms with Crippen molar-refractivity contribution in [2.75, 3.05) is 13.1 Å². The average molecular weight is 394 g/mol. The van der Waals surface area contributed by atoms with Gasteiger partial charge in [-0.2, -0.15) is 10.1 Å². The molecule has 8 heteroatoms. The molecule has 1 fully saturated rings. The van der Waals surface area contributed by atoms with Gasteiger partial charge in [0.2, 0.25) is 0 Å². The van der Waals surface area contributed by atoms with E-state index in [4.69, 9.17) is 4.52 Å². The normalized spacial score (nSPS) is 14.8. The molecule has 0 saturated carbocycles. The van der Waals surface area contributed by atoms with Gasteiger partial charge in [0.25, 0.3) is 11.8 Å². The smallest absolute Gasteiger partial charge is 0.259 e. The maximum atomic E-state index is 12.9. The lowest BCUT2D eigenvalue weighted by molar-refractivity contribution is 0.0761. The number of rotatable bonds is 5. The number of aromatic nitrogens is 5. The first-order chi connectivity index (χ1) is 14.2. The zero-order valence-corrected chi connectivity index (χ0v) is 17.0. The minimum absolute atomic E-state index is 0.0570. The van der Waals surface area contributed by atoms with Gasteiger partial charge in [-0.15, -0.1) is 0 Å². The van der Waals surface area contributed by atoms with E-state index < -0.39 is 0 Å². The van der Waals surface area contributed by atoms with Crippen molar-refractivity contribution < 1.29 is 9.32 Å². The number of likely N-dealkylation sites (tertiary alicyclic amines) is 1. The lowest BCUT2D eigenvalue weighted by Crippen LogP contribution is -2.32. The van der Waals surface area contributed by atoms with Gasteiger partial charge in [0.15, 0.2) is 11.6 Å². The SMILES string of the molecule is CCCc1noc(-c2ccc(-n3ncc(C(=O)N4CCCCCC4)c3C)nc2)n1. The van der Waals surface area contributed by atoms with Crippen LogP contribution in [0.4, 0.5) is 0 Å². The van der Waals surface area contributed by atoms with Gasteiger partial charge in [-0.3, -0.25) is 4.79 Å². The minimum atomic E-state index is 0.0570. The number of amides is 1. The molecule has 0 bridgehead atoms. The molecule has 1 amide bonds. The molecule has 0 N–H and O–H groups in total. The van der Waals surface area contributed by atoms with Gasteiger partial charge >= 0.3 is 0 Å². The summed E-state index contributed by atoms with van der Waals surface area (Å²) in [7, 11) is 0. The van der Waals surface area contributed by atoms with Gasteiger partial charge in [-0.25, -0.2) is 9.67 Å². The number of hydrogen-bond donors (Lipinski definition) is 0. The largest absolute Gasteiger partial charge is 0.339 e. The third-order valence-electron chi connectivity index (χ3n) is 5.29. The summed E-state index contributed by atoms with van der Waals surface area (Å²) in [4.78, 5) is 23.8. The van der Waals surface area contributed by atoms with Gasteiger partial charge in [-0.1, -0.05) is 24.9 Å². The molecule has 0 atom stereocenters. The van der Waals surface area contributed by atoms with E-state index >= 15 is 0 Å². The average Bonchev–Trinajstić information content (AvgIpc) is 3.25. The molecule has 4 heterocycles. The maximum Gasteiger partial charge on any atom is 0.259 e. The van der Waals surface area contributed by atoms with Crippen molar-refractivity contribution in [2.45, 2.75) is 52.4 Å². The van der Waals surface area contributed by atoms with Crippen molar-refractivity contribution in [3.63, 3.8) is 0 Å². The molecule has 3 aromatic heterocycles. The first-order valence-electron chi connectivity index (χ1n) is 10.3. The molecule has 4 rings (SSSR count). The lowest BCUT2D eigenvalue weighted by atomic mass is 10.2. The Labute approximate surface area is 169 Å². The molecule has 0 radical (unpaired) electrons. The molecule has 0 aliphatic carbocycles. The Balaban J connectivity index is 1.53. The third kappa shape index (κ3) is 4.06. The predicted octanol–water partition coefficient (Wildman–Crippen LogP) is 3.59. The van der Waals surface area contributed by atoms with Crippen molar-refractivity contribution in [1.29, 1.82) is 0 Å². The van der Waals surface area contributed by atoms with Crippen LogP contribution >= 0.6 is 0 Å². The van der Waals surface area contributed by atoms with Crippen LogP contribution in [-0.2, 0) is 6.42 Å². The molecule has 29 heavy (non-hydrogen) atoms. The first kappa shape index (κ1) is 19.3. The summed E-state index contributed by atoms with van der Waals surface area (Å²) in [6, 6.07) is 3.72. The van der Waals surface area contributed by atoms with Crippen molar-refractivity contribution in [2.24, 2.45) is 0 Å². The summed E-state index contributed by atoms with van der Waals surface area (Å²) < 4.78 is 7.01. The number of pyridine rings is 1. The number of hydrogen-bond acceptors (Lipinski definition) is 6. The number of carbonyl (C=O) groups excluding carboxylic acids is 1. The highest BCUT2D eigenvalue weighted by atomic mass is 16.5. The third-order valence-corrected chi connectivity index (χ3v) is 5.29. The molecule has 0 aromatic carbocycles. The Hall–Kier alpha value is -3.03. The van der Waals surface area contributed by atoms with Crippen LogP contribution in [0.3, 0.4) is 0 Å². The van der Waals surface area contributed by atoms with Gasteiger partial charge < -0.3 is 9.42 Å². The van der Waals surface area contributed by atoms with E-state index in [1.54, 1.807) is 17.1 Å². The highest BCUT2D eigenvalue weighted by Crippen LogP contribution is 2.20. The molecule has 8 nitrogen and oxygen atoms in total. The number of nitrogens with zero attached hydrogens (tertiary/aromatic N) is 6. The topological polar surface area (TPSA) is 89.9 Å². The molecule has 152 valence electrons. The summed E-state index contributed by atoms with van der Waals surface area (Å²) in [5, 5.41) is 8.39. The maximum absolute atomic E-state index is 12.9. The van der Waals surface area contributed by atoms with E-state index in [9.17, 15) is 4.79 Å². The van der Waals surface area contributed by atoms with Crippen LogP contribution in [0.1, 0.15) is 60.9 Å². The zero-order chi connectivity index (χ0) is 20.2. The van der Waals surface area contributed by atoms with Crippen molar-refractivity contribution in [3.05, 3.63) is 41.6 Å². The van der Waals surface area contributed by atoms with Crippen molar-refractivity contribution in [1.82, 2.24) is 29.8 Å². The van der Waals surface area contributed by atoms with Gasteiger partial charge in [0, 0.05) is 25.7 Å². The van der Waals surface area contributed by atoms with Crippen LogP contribution in [0.15, 0.2) is 29.0 Å². The van der Waals surface area contributed by atoms with E-state index in [0.717, 1.165) is 50.0 Å². The molecule has 1 aliphatic heterocycles. The van der Waals surface area contributed by atoms with Crippen LogP contribution in [0, 0.1) is 6.92 Å². The highest BCUT2D eigenvalue weighted by molar-refractivity contribution is 5.95. The van der Waals surface area contributed by atoms with Gasteiger partial charge in [0.05, 0.1) is 23.0 Å². The van der Waals surface area contributed by atoms with Gasteiger partial charge in [-0.05, 0) is 38.3 Å². The number of carbonyl (C=O) groups is 1.